The van der Waals surface area contributed by atoms with Crippen LogP contribution in [0.5, 0.6) is 0 Å². The molecule has 96 valence electrons. The van der Waals surface area contributed by atoms with E-state index in [0.717, 1.165) is 0 Å². The van der Waals surface area contributed by atoms with Crippen LogP contribution in [0, 0.1) is 0 Å². The lowest BCUT2D eigenvalue weighted by Crippen LogP contribution is -2.33. The van der Waals surface area contributed by atoms with Gasteiger partial charge in [-0.1, -0.05) is 0 Å². The van der Waals surface area contributed by atoms with Gasteiger partial charge in [-0.25, -0.2) is 4.39 Å². The maximum absolute atomic E-state index is 13.5. The first-order chi connectivity index (χ1) is 8.14. The summed E-state index contributed by atoms with van der Waals surface area (Å²) in [6.45, 7) is 3.08. The number of halogens is 1. The summed E-state index contributed by atoms with van der Waals surface area (Å²) in [6.07, 6.45) is -7.48. The van der Waals surface area contributed by atoms with E-state index in [0.29, 0.717) is 0 Å². The van der Waals surface area contributed by atoms with Crippen LogP contribution in [0.1, 0.15) is 23.0 Å². The van der Waals surface area contributed by atoms with Crippen LogP contribution >= 0.6 is 7.60 Å². The fraction of sp³-hybridized carbons (Fsp3) is 1.00. The highest BCUT2D eigenvalue weighted by Gasteiger charge is 2.39. The molecule has 2 N–H and O–H groups in total. The molecule has 0 saturated carbocycles. The van der Waals surface area contributed by atoms with Crippen molar-refractivity contribution in [2.45, 2.75) is 44.7 Å². The molecular formula is C9H18FO5P. The summed E-state index contributed by atoms with van der Waals surface area (Å²) in [5, 5.41) is 0. The van der Waals surface area contributed by atoms with Crippen molar-refractivity contribution in [1.82, 2.24) is 0 Å². The van der Waals surface area contributed by atoms with Crippen molar-refractivity contribution in [3.8, 4) is 0 Å². The fourth-order valence-corrected chi connectivity index (χ4v) is 1.83. The molecule has 5 atom stereocenters. The average Bonchev–Trinajstić information content (AvgIpc) is 2.56. The maximum Gasteiger partial charge on any atom is 0.325 e. The summed E-state index contributed by atoms with van der Waals surface area (Å²) in [5.74, 6) is 0. The molecule has 1 aliphatic rings. The summed E-state index contributed by atoms with van der Waals surface area (Å²) >= 11 is 0. The summed E-state index contributed by atoms with van der Waals surface area (Å²) in [4.78, 5) is 17.7. The van der Waals surface area contributed by atoms with Crippen LogP contribution in [0.2, 0.25) is 0 Å². The zero-order valence-corrected chi connectivity index (χ0v) is 10.0. The normalized spacial score (nSPS) is 37.0. The standard InChI is InChI=1S/C9H18FO5P/c1-6(2)15-9-7(10)5-14-8(9)3-4-16(11,12)13/h6-9H,3-5H2,1-2H3,(H2,11,12,13)/t7-,8+,9-/m0/s1/i3D,4D/t3?,4?,7-,8+,9-. The van der Waals surface area contributed by atoms with Gasteiger partial charge in [-0.15, -0.1) is 0 Å². The summed E-state index contributed by atoms with van der Waals surface area (Å²) in [7, 11) is -4.72. The Hall–Kier alpha value is -0.0000000000000000486. The van der Waals surface area contributed by atoms with E-state index in [9.17, 15) is 8.96 Å². The molecule has 0 aromatic heterocycles. The third kappa shape index (κ3) is 4.47. The average molecular weight is 258 g/mol. The Kier molecular flexibility index (Phi) is 3.86. The van der Waals surface area contributed by atoms with Crippen LogP contribution in [-0.4, -0.2) is 47.0 Å². The Morgan fingerprint density at radius 1 is 1.69 bits per heavy atom. The van der Waals surface area contributed by atoms with Gasteiger partial charge < -0.3 is 19.3 Å². The van der Waals surface area contributed by atoms with E-state index in [2.05, 4.69) is 0 Å². The molecule has 1 aliphatic heterocycles. The summed E-state index contributed by atoms with van der Waals surface area (Å²) < 4.78 is 49.7. The van der Waals surface area contributed by atoms with E-state index < -0.39 is 38.5 Å². The minimum absolute atomic E-state index is 0.286. The summed E-state index contributed by atoms with van der Waals surface area (Å²) in [5.41, 5.74) is 0. The van der Waals surface area contributed by atoms with Crippen molar-refractivity contribution in [1.29, 1.82) is 0 Å². The molecule has 0 aliphatic carbocycles. The van der Waals surface area contributed by atoms with Crippen LogP contribution in [0.15, 0.2) is 0 Å². The molecule has 0 spiro atoms. The van der Waals surface area contributed by atoms with E-state index >= 15 is 0 Å². The minimum atomic E-state index is -4.72. The van der Waals surface area contributed by atoms with Crippen molar-refractivity contribution < 1.29 is 31.0 Å². The smallest absolute Gasteiger partial charge is 0.325 e. The molecule has 0 aromatic carbocycles. The van der Waals surface area contributed by atoms with Crippen molar-refractivity contribution >= 4 is 7.60 Å². The number of hydrogen-bond acceptors (Lipinski definition) is 3. The van der Waals surface area contributed by atoms with Crippen molar-refractivity contribution in [2.75, 3.05) is 12.7 Å². The Bertz CT molecular complexity index is 326. The molecule has 1 fully saturated rings. The van der Waals surface area contributed by atoms with Gasteiger partial charge >= 0.3 is 7.60 Å². The predicted molar refractivity (Wildman–Crippen MR) is 56.2 cm³/mol. The second-order valence-corrected chi connectivity index (χ2v) is 5.37. The van der Waals surface area contributed by atoms with Gasteiger partial charge in [0.1, 0.15) is 6.10 Å². The molecule has 0 amide bonds. The number of ether oxygens (including phenoxy) is 2. The highest BCUT2D eigenvalue weighted by atomic mass is 31.2. The van der Waals surface area contributed by atoms with Gasteiger partial charge in [0.2, 0.25) is 0 Å². The zero-order valence-electron chi connectivity index (χ0n) is 11.1. The Morgan fingerprint density at radius 2 is 2.31 bits per heavy atom. The molecule has 16 heavy (non-hydrogen) atoms. The minimum Gasteiger partial charge on any atom is -0.372 e. The van der Waals surface area contributed by atoms with Gasteiger partial charge in [0.15, 0.2) is 6.17 Å². The largest absolute Gasteiger partial charge is 0.372 e. The first-order valence-corrected chi connectivity index (χ1v) is 6.63. The lowest BCUT2D eigenvalue weighted by Gasteiger charge is -2.22. The van der Waals surface area contributed by atoms with E-state index in [4.69, 9.17) is 22.0 Å². The predicted octanol–water partition coefficient (Wildman–Crippen LogP) is 1.08. The van der Waals surface area contributed by atoms with E-state index in [1.54, 1.807) is 13.8 Å². The Labute approximate surface area is 96.9 Å². The van der Waals surface area contributed by atoms with Crippen LogP contribution in [0.25, 0.3) is 0 Å². The molecule has 7 heteroatoms. The highest BCUT2D eigenvalue weighted by molar-refractivity contribution is 7.51. The van der Waals surface area contributed by atoms with Gasteiger partial charge in [-0.2, -0.15) is 0 Å². The second kappa shape index (κ2) is 5.56. The van der Waals surface area contributed by atoms with Crippen LogP contribution in [0.3, 0.4) is 0 Å². The second-order valence-electron chi connectivity index (χ2n) is 3.89. The van der Waals surface area contributed by atoms with E-state index in [-0.39, 0.29) is 12.7 Å². The van der Waals surface area contributed by atoms with Gasteiger partial charge in [0.25, 0.3) is 0 Å². The van der Waals surface area contributed by atoms with Gasteiger partial charge in [-0.3, -0.25) is 4.57 Å². The molecule has 0 radical (unpaired) electrons. The number of rotatable bonds is 5. The fourth-order valence-electron chi connectivity index (χ4n) is 1.44. The molecule has 5 nitrogen and oxygen atoms in total. The Balaban J connectivity index is 2.78. The van der Waals surface area contributed by atoms with Crippen LogP contribution in [0.4, 0.5) is 4.39 Å². The third-order valence-electron chi connectivity index (χ3n) is 2.03. The first kappa shape index (κ1) is 11.1. The molecule has 1 saturated heterocycles. The van der Waals surface area contributed by atoms with Gasteiger partial charge in [-0.05, 0) is 20.2 Å². The SMILES string of the molecule is [2H]C(C([2H])P(=O)(O)O)[C@H]1OC[C@H](F)[C@@H]1OC(C)C. The molecule has 2 unspecified atom stereocenters. The lowest BCUT2D eigenvalue weighted by molar-refractivity contribution is -0.0528. The van der Waals surface area contributed by atoms with Gasteiger partial charge in [0.05, 0.1) is 25.0 Å². The monoisotopic (exact) mass is 258 g/mol. The summed E-state index contributed by atoms with van der Waals surface area (Å²) in [6, 6.07) is 0. The highest BCUT2D eigenvalue weighted by Crippen LogP contribution is 2.37. The van der Waals surface area contributed by atoms with E-state index in [1.807, 2.05) is 0 Å². The van der Waals surface area contributed by atoms with Crippen molar-refractivity contribution in [3.05, 3.63) is 0 Å². The molecule has 1 rings (SSSR count). The Morgan fingerprint density at radius 3 is 2.81 bits per heavy atom. The third-order valence-corrected chi connectivity index (χ3v) is 2.59. The first-order valence-electron chi connectivity index (χ1n) is 6.11. The quantitative estimate of drug-likeness (QED) is 0.722. The lowest BCUT2D eigenvalue weighted by atomic mass is 10.1. The van der Waals surface area contributed by atoms with Crippen molar-refractivity contribution in [3.63, 3.8) is 0 Å². The molecule has 1 heterocycles. The maximum atomic E-state index is 13.5. The molecular weight excluding hydrogens is 238 g/mol. The topological polar surface area (TPSA) is 76.0 Å². The van der Waals surface area contributed by atoms with Crippen molar-refractivity contribution in [2.24, 2.45) is 0 Å². The zero-order chi connectivity index (χ0) is 14.1. The molecule has 0 aromatic rings. The van der Waals surface area contributed by atoms with Crippen LogP contribution in [-0.2, 0) is 14.0 Å². The number of alkyl halides is 1. The van der Waals surface area contributed by atoms with E-state index in [1.165, 1.54) is 0 Å². The molecule has 0 bridgehead atoms. The number of hydrogen-bond donors (Lipinski definition) is 2. The van der Waals surface area contributed by atoms with Crippen LogP contribution < -0.4 is 0 Å². The van der Waals surface area contributed by atoms with Gasteiger partial charge in [0, 0.05) is 2.74 Å².